The van der Waals surface area contributed by atoms with Gasteiger partial charge in [0, 0.05) is 17.6 Å². The molecule has 118 valence electrons. The number of nitriles is 1. The Morgan fingerprint density at radius 2 is 1.91 bits per heavy atom. The minimum absolute atomic E-state index is 0.300. The molecule has 1 aromatic carbocycles. The van der Waals surface area contributed by atoms with Crippen molar-refractivity contribution in [1.29, 1.82) is 5.26 Å². The summed E-state index contributed by atoms with van der Waals surface area (Å²) in [7, 11) is 0. The van der Waals surface area contributed by atoms with E-state index >= 15 is 0 Å². The predicted octanol–water partition coefficient (Wildman–Crippen LogP) is 4.24. The van der Waals surface area contributed by atoms with Crippen LogP contribution in [-0.2, 0) is 10.2 Å². The van der Waals surface area contributed by atoms with Gasteiger partial charge < -0.3 is 9.64 Å². The summed E-state index contributed by atoms with van der Waals surface area (Å²) in [6.07, 6.45) is 0.933. The summed E-state index contributed by atoms with van der Waals surface area (Å²) in [5.74, 6) is 0. The van der Waals surface area contributed by atoms with Crippen LogP contribution in [0.5, 0.6) is 0 Å². The molecule has 0 aliphatic carbocycles. The van der Waals surface area contributed by atoms with Crippen molar-refractivity contribution >= 4 is 22.0 Å². The molecule has 5 heteroatoms. The quantitative estimate of drug-likeness (QED) is 0.748. The monoisotopic (exact) mass is 364 g/mol. The van der Waals surface area contributed by atoms with Crippen molar-refractivity contribution < 1.29 is 9.53 Å². The molecule has 0 unspecified atom stereocenters. The van der Waals surface area contributed by atoms with E-state index in [-0.39, 0.29) is 6.09 Å². The highest BCUT2D eigenvalue weighted by Crippen LogP contribution is 2.38. The Morgan fingerprint density at radius 1 is 1.32 bits per heavy atom. The summed E-state index contributed by atoms with van der Waals surface area (Å²) in [5.41, 5.74) is -0.0385. The smallest absolute Gasteiger partial charge is 0.410 e. The molecule has 0 bridgehead atoms. The van der Waals surface area contributed by atoms with E-state index in [0.717, 1.165) is 10.0 Å². The summed E-state index contributed by atoms with van der Waals surface area (Å²) in [4.78, 5) is 13.8. The highest BCUT2D eigenvalue weighted by atomic mass is 79.9. The van der Waals surface area contributed by atoms with Gasteiger partial charge in [0.15, 0.2) is 0 Å². The van der Waals surface area contributed by atoms with Crippen molar-refractivity contribution in [2.75, 3.05) is 13.1 Å². The van der Waals surface area contributed by atoms with Crippen molar-refractivity contribution in [3.05, 3.63) is 34.3 Å². The molecule has 1 aromatic rings. The first-order valence-corrected chi connectivity index (χ1v) is 8.21. The first-order chi connectivity index (χ1) is 10.3. The van der Waals surface area contributed by atoms with Gasteiger partial charge in [-0.15, -0.1) is 0 Å². The van der Waals surface area contributed by atoms with Gasteiger partial charge >= 0.3 is 6.09 Å². The summed E-state index contributed by atoms with van der Waals surface area (Å²) in [6, 6.07) is 10.3. The van der Waals surface area contributed by atoms with Crippen molar-refractivity contribution in [1.82, 2.24) is 4.90 Å². The van der Waals surface area contributed by atoms with E-state index in [1.807, 2.05) is 45.0 Å². The average molecular weight is 365 g/mol. The van der Waals surface area contributed by atoms with Crippen LogP contribution in [0.2, 0.25) is 0 Å². The minimum atomic E-state index is -0.543. The molecule has 0 saturated carbocycles. The second-order valence-corrected chi connectivity index (χ2v) is 7.50. The fourth-order valence-corrected chi connectivity index (χ4v) is 3.35. The van der Waals surface area contributed by atoms with E-state index in [4.69, 9.17) is 4.74 Å². The third-order valence-electron chi connectivity index (χ3n) is 3.87. The lowest BCUT2D eigenvalue weighted by Gasteiger charge is -2.38. The molecular weight excluding hydrogens is 344 g/mol. The van der Waals surface area contributed by atoms with Crippen LogP contribution in [0, 0.1) is 11.3 Å². The van der Waals surface area contributed by atoms with E-state index in [0.29, 0.717) is 25.9 Å². The van der Waals surface area contributed by atoms with E-state index in [1.54, 1.807) is 4.90 Å². The summed E-state index contributed by atoms with van der Waals surface area (Å²) >= 11 is 3.54. The minimum Gasteiger partial charge on any atom is -0.444 e. The number of rotatable bonds is 1. The first-order valence-electron chi connectivity index (χ1n) is 7.42. The van der Waals surface area contributed by atoms with Crippen molar-refractivity contribution in [2.45, 2.75) is 44.6 Å². The van der Waals surface area contributed by atoms with Crippen LogP contribution in [0.4, 0.5) is 4.79 Å². The second kappa shape index (κ2) is 6.29. The third-order valence-corrected chi connectivity index (χ3v) is 4.56. The molecule has 22 heavy (non-hydrogen) atoms. The van der Waals surface area contributed by atoms with Gasteiger partial charge in [-0.1, -0.05) is 34.1 Å². The Morgan fingerprint density at radius 3 is 2.41 bits per heavy atom. The molecule has 0 aromatic heterocycles. The fraction of sp³-hybridized carbons (Fsp3) is 0.529. The van der Waals surface area contributed by atoms with E-state index in [2.05, 4.69) is 22.0 Å². The predicted molar refractivity (Wildman–Crippen MR) is 88.5 cm³/mol. The van der Waals surface area contributed by atoms with Gasteiger partial charge in [-0.05, 0) is 45.2 Å². The number of carbonyl (C=O) groups is 1. The molecule has 0 spiro atoms. The fourth-order valence-electron chi connectivity index (χ4n) is 2.69. The lowest BCUT2D eigenvalue weighted by atomic mass is 9.74. The number of hydrogen-bond acceptors (Lipinski definition) is 3. The molecule has 1 amide bonds. The van der Waals surface area contributed by atoms with Crippen molar-refractivity contribution in [3.8, 4) is 6.07 Å². The molecule has 1 saturated heterocycles. The zero-order chi connectivity index (χ0) is 16.4. The van der Waals surface area contributed by atoms with Crippen molar-refractivity contribution in [3.63, 3.8) is 0 Å². The summed E-state index contributed by atoms with van der Waals surface area (Å²) in [5, 5.41) is 9.73. The average Bonchev–Trinajstić information content (AvgIpc) is 2.46. The van der Waals surface area contributed by atoms with Gasteiger partial charge in [-0.3, -0.25) is 0 Å². The molecule has 1 aliphatic heterocycles. The van der Waals surface area contributed by atoms with E-state index in [1.165, 1.54) is 0 Å². The number of nitrogens with zero attached hydrogens (tertiary/aromatic N) is 2. The highest BCUT2D eigenvalue weighted by molar-refractivity contribution is 9.10. The maximum absolute atomic E-state index is 12.1. The van der Waals surface area contributed by atoms with Crippen LogP contribution in [0.25, 0.3) is 0 Å². The highest BCUT2D eigenvalue weighted by Gasteiger charge is 2.39. The molecule has 0 N–H and O–H groups in total. The van der Waals surface area contributed by atoms with Crippen LogP contribution >= 0.6 is 15.9 Å². The number of ether oxygens (including phenoxy) is 1. The van der Waals surface area contributed by atoms with Crippen LogP contribution in [0.15, 0.2) is 28.7 Å². The topological polar surface area (TPSA) is 53.3 Å². The zero-order valence-electron chi connectivity index (χ0n) is 13.2. The molecule has 0 atom stereocenters. The number of piperidine rings is 1. The Bertz CT molecular complexity index is 593. The number of benzene rings is 1. The number of hydrogen-bond donors (Lipinski definition) is 0. The Kier molecular flexibility index (Phi) is 4.81. The molecule has 4 nitrogen and oxygen atoms in total. The molecule has 1 fully saturated rings. The maximum Gasteiger partial charge on any atom is 0.410 e. The second-order valence-electron chi connectivity index (χ2n) is 6.64. The van der Waals surface area contributed by atoms with Gasteiger partial charge in [-0.25, -0.2) is 4.79 Å². The number of halogens is 1. The van der Waals surface area contributed by atoms with Gasteiger partial charge in [0.25, 0.3) is 0 Å². The Hall–Kier alpha value is -1.54. The van der Waals surface area contributed by atoms with E-state index in [9.17, 15) is 10.1 Å². The normalized spacial score (nSPS) is 17.7. The van der Waals surface area contributed by atoms with Gasteiger partial charge in [0.05, 0.1) is 11.5 Å². The van der Waals surface area contributed by atoms with Gasteiger partial charge in [0.1, 0.15) is 5.60 Å². The van der Waals surface area contributed by atoms with Crippen molar-refractivity contribution in [2.24, 2.45) is 0 Å². The number of carbonyl (C=O) groups excluding carboxylic acids is 1. The van der Waals surface area contributed by atoms with Crippen LogP contribution in [0.1, 0.15) is 39.2 Å². The molecular formula is C17H21BrN2O2. The largest absolute Gasteiger partial charge is 0.444 e. The van der Waals surface area contributed by atoms with Gasteiger partial charge in [0.2, 0.25) is 0 Å². The molecule has 1 aliphatic rings. The van der Waals surface area contributed by atoms with E-state index < -0.39 is 11.0 Å². The standard InChI is InChI=1S/C17H21BrN2O2/c1-16(2,3)22-15(21)20-10-8-17(12-19,9-11-20)13-6-4-5-7-14(13)18/h4-7H,8-11H2,1-3H3. The van der Waals surface area contributed by atoms with Gasteiger partial charge in [-0.2, -0.15) is 5.26 Å². The summed E-state index contributed by atoms with van der Waals surface area (Å²) < 4.78 is 6.35. The Balaban J connectivity index is 2.11. The lowest BCUT2D eigenvalue weighted by molar-refractivity contribution is 0.0185. The van der Waals surface area contributed by atoms with Crippen LogP contribution in [0.3, 0.4) is 0 Å². The maximum atomic E-state index is 12.1. The molecule has 1 heterocycles. The molecule has 2 rings (SSSR count). The third kappa shape index (κ3) is 3.61. The Labute approximate surface area is 140 Å². The zero-order valence-corrected chi connectivity index (χ0v) is 14.8. The van der Waals surface area contributed by atoms with Crippen LogP contribution in [-0.4, -0.2) is 29.7 Å². The lowest BCUT2D eigenvalue weighted by Crippen LogP contribution is -2.46. The van der Waals surface area contributed by atoms with Crippen LogP contribution < -0.4 is 0 Å². The SMILES string of the molecule is CC(C)(C)OC(=O)N1CCC(C#N)(c2ccccc2Br)CC1. The first kappa shape index (κ1) is 16.8. The molecule has 0 radical (unpaired) electrons. The number of amides is 1. The number of likely N-dealkylation sites (tertiary alicyclic amines) is 1. The summed E-state index contributed by atoms with van der Waals surface area (Å²) in [6.45, 7) is 6.63.